The van der Waals surface area contributed by atoms with Crippen LogP contribution in [0.1, 0.15) is 53.4 Å². The number of hydrogen-bond acceptors (Lipinski definition) is 5. The van der Waals surface area contributed by atoms with E-state index in [4.69, 9.17) is 0 Å². The molecule has 25 heavy (non-hydrogen) atoms. The lowest BCUT2D eigenvalue weighted by molar-refractivity contribution is -0.266. The molecule has 0 unspecified atom stereocenters. The summed E-state index contributed by atoms with van der Waals surface area (Å²) >= 11 is 0. The van der Waals surface area contributed by atoms with E-state index < -0.39 is 51.9 Å². The van der Waals surface area contributed by atoms with Gasteiger partial charge in [-0.2, -0.15) is 0 Å². The summed E-state index contributed by atoms with van der Waals surface area (Å²) in [5, 5.41) is 44.6. The van der Waals surface area contributed by atoms with E-state index in [0.29, 0.717) is 6.42 Å². The number of rotatable bonds is 1. The van der Waals surface area contributed by atoms with Gasteiger partial charge in [0, 0.05) is 16.2 Å². The Hall–Kier alpha value is -0.750. The minimum atomic E-state index is -1.85. The lowest BCUT2D eigenvalue weighted by Crippen LogP contribution is -2.73. The van der Waals surface area contributed by atoms with Gasteiger partial charge in [0.15, 0.2) is 5.78 Å². The van der Waals surface area contributed by atoms with Gasteiger partial charge >= 0.3 is 0 Å². The van der Waals surface area contributed by atoms with Gasteiger partial charge in [0.25, 0.3) is 0 Å². The molecule has 0 radical (unpaired) electrons. The largest absolute Gasteiger partial charge is 0.392 e. The zero-order valence-electron chi connectivity index (χ0n) is 15.7. The van der Waals surface area contributed by atoms with Crippen molar-refractivity contribution in [2.75, 3.05) is 0 Å². The number of aliphatic hydroxyl groups excluding tert-OH is 3. The van der Waals surface area contributed by atoms with Crippen molar-refractivity contribution in [3.8, 4) is 0 Å². The van der Waals surface area contributed by atoms with Crippen molar-refractivity contribution in [3.63, 3.8) is 0 Å². The van der Waals surface area contributed by atoms with Crippen molar-refractivity contribution < 1.29 is 25.2 Å². The quantitative estimate of drug-likeness (QED) is 0.535. The molecule has 0 aromatic rings. The van der Waals surface area contributed by atoms with E-state index in [1.807, 2.05) is 20.8 Å². The van der Waals surface area contributed by atoms with Gasteiger partial charge in [0.1, 0.15) is 11.7 Å². The van der Waals surface area contributed by atoms with Crippen molar-refractivity contribution in [3.05, 3.63) is 12.7 Å². The SMILES string of the molecule is C=C[C@]1(C)C[C@@H](O)[C@]2(C)[C@H](C)CC[C@]3(C[C@H](O)C(=O)[C@@]32O)[C@@H](C)[C@@H]1O. The van der Waals surface area contributed by atoms with Crippen molar-refractivity contribution >= 4 is 5.78 Å². The Labute approximate surface area is 149 Å². The molecule has 0 aromatic heterocycles. The zero-order chi connectivity index (χ0) is 19.0. The molecule has 9 atom stereocenters. The third-order valence-corrected chi connectivity index (χ3v) is 8.58. The molecule has 0 heterocycles. The number of Topliss-reactive ketones (excluding diaryl/α,β-unsaturated/α-hetero) is 1. The van der Waals surface area contributed by atoms with Crippen molar-refractivity contribution in [1.82, 2.24) is 0 Å². The lowest BCUT2D eigenvalue weighted by Gasteiger charge is -2.65. The highest BCUT2D eigenvalue weighted by Crippen LogP contribution is 2.69. The van der Waals surface area contributed by atoms with Gasteiger partial charge in [-0.05, 0) is 37.5 Å². The van der Waals surface area contributed by atoms with Crippen LogP contribution in [0.15, 0.2) is 12.7 Å². The fourth-order valence-electron chi connectivity index (χ4n) is 6.43. The third-order valence-electron chi connectivity index (χ3n) is 8.58. The standard InChI is InChI=1S/C20H32O5/c1-6-17(4)10-14(22)18(5)11(2)7-8-19(12(3)15(17)23)9-13(21)16(24)20(18,19)25/h6,11-15,21-23,25H,1,7-10H2,2-5H3/t11-,12+,13+,14-,15+,17-,18+,19+,20+/m1/s1. The second-order valence-electron chi connectivity index (χ2n) is 9.34. The molecular weight excluding hydrogens is 320 g/mol. The van der Waals surface area contributed by atoms with Crippen molar-refractivity contribution in [1.29, 1.82) is 0 Å². The Balaban J connectivity index is 2.32. The first kappa shape index (κ1) is 19.0. The smallest absolute Gasteiger partial charge is 0.193 e. The van der Waals surface area contributed by atoms with Gasteiger partial charge in [0.05, 0.1) is 12.2 Å². The van der Waals surface area contributed by atoms with Gasteiger partial charge in [0.2, 0.25) is 0 Å². The van der Waals surface area contributed by atoms with Gasteiger partial charge in [-0.15, -0.1) is 6.58 Å². The Morgan fingerprint density at radius 2 is 1.76 bits per heavy atom. The molecule has 0 spiro atoms. The zero-order valence-corrected chi connectivity index (χ0v) is 15.7. The van der Waals surface area contributed by atoms with Crippen LogP contribution in [0.4, 0.5) is 0 Å². The van der Waals surface area contributed by atoms with Crippen LogP contribution in [0.5, 0.6) is 0 Å². The van der Waals surface area contributed by atoms with Crippen molar-refractivity contribution in [2.24, 2.45) is 28.1 Å². The summed E-state index contributed by atoms with van der Waals surface area (Å²) in [6, 6.07) is 0. The van der Waals surface area contributed by atoms with Crippen LogP contribution in [-0.4, -0.2) is 50.1 Å². The van der Waals surface area contributed by atoms with E-state index in [1.165, 1.54) is 0 Å². The normalized spacial score (nSPS) is 59.0. The molecule has 3 fully saturated rings. The molecule has 3 saturated carbocycles. The topological polar surface area (TPSA) is 98.0 Å². The predicted molar refractivity (Wildman–Crippen MR) is 93.6 cm³/mol. The Morgan fingerprint density at radius 1 is 1.16 bits per heavy atom. The van der Waals surface area contributed by atoms with Gasteiger partial charge in [-0.1, -0.05) is 33.8 Å². The maximum absolute atomic E-state index is 13.0. The summed E-state index contributed by atoms with van der Waals surface area (Å²) in [6.07, 6.45) is 0.167. The van der Waals surface area contributed by atoms with Crippen molar-refractivity contribution in [2.45, 2.75) is 77.3 Å². The Bertz CT molecular complexity index is 605. The first-order chi connectivity index (χ1) is 11.4. The summed E-state index contributed by atoms with van der Waals surface area (Å²) in [5.41, 5.74) is -4.62. The van der Waals surface area contributed by atoms with E-state index in [9.17, 15) is 25.2 Å². The molecular formula is C20H32O5. The van der Waals surface area contributed by atoms with E-state index in [-0.39, 0.29) is 18.8 Å². The number of ketones is 1. The van der Waals surface area contributed by atoms with Gasteiger partial charge in [-0.25, -0.2) is 0 Å². The summed E-state index contributed by atoms with van der Waals surface area (Å²) < 4.78 is 0. The van der Waals surface area contributed by atoms with E-state index in [1.54, 1.807) is 13.0 Å². The summed E-state index contributed by atoms with van der Waals surface area (Å²) in [4.78, 5) is 13.0. The average Bonchev–Trinajstić information content (AvgIpc) is 2.78. The molecule has 0 saturated heterocycles. The molecule has 2 bridgehead atoms. The third kappa shape index (κ3) is 1.90. The van der Waals surface area contributed by atoms with E-state index >= 15 is 0 Å². The maximum Gasteiger partial charge on any atom is 0.193 e. The summed E-state index contributed by atoms with van der Waals surface area (Å²) in [5.74, 6) is -1.10. The highest BCUT2D eigenvalue weighted by atomic mass is 16.3. The van der Waals surface area contributed by atoms with Gasteiger partial charge in [-0.3, -0.25) is 4.79 Å². The molecule has 5 heteroatoms. The molecule has 0 aromatic carbocycles. The summed E-state index contributed by atoms with van der Waals surface area (Å²) in [6.45, 7) is 11.3. The molecule has 142 valence electrons. The van der Waals surface area contributed by atoms with E-state index in [0.717, 1.165) is 6.42 Å². The highest BCUT2D eigenvalue weighted by molar-refractivity contribution is 5.96. The fraction of sp³-hybridized carbons (Fsp3) is 0.850. The van der Waals surface area contributed by atoms with Crippen LogP contribution in [-0.2, 0) is 4.79 Å². The number of hydrogen-bond donors (Lipinski definition) is 4. The maximum atomic E-state index is 13.0. The Kier molecular flexibility index (Phi) is 4.09. The van der Waals surface area contributed by atoms with Crippen LogP contribution in [0.25, 0.3) is 0 Å². The first-order valence-electron chi connectivity index (χ1n) is 9.37. The average molecular weight is 352 g/mol. The molecule has 0 amide bonds. The van der Waals surface area contributed by atoms with Crippen LogP contribution in [0.3, 0.4) is 0 Å². The van der Waals surface area contributed by atoms with Gasteiger partial charge < -0.3 is 20.4 Å². The monoisotopic (exact) mass is 352 g/mol. The predicted octanol–water partition coefficient (Wildman–Crippen LogP) is 1.43. The molecule has 3 aliphatic carbocycles. The minimum absolute atomic E-state index is 0.0913. The van der Waals surface area contributed by atoms with Crippen LogP contribution in [0, 0.1) is 28.1 Å². The second kappa shape index (κ2) is 5.38. The molecule has 3 aliphatic rings. The van der Waals surface area contributed by atoms with Crippen LogP contribution < -0.4 is 0 Å². The number of carbonyl (C=O) groups is 1. The number of aliphatic hydroxyl groups is 4. The fourth-order valence-corrected chi connectivity index (χ4v) is 6.43. The lowest BCUT2D eigenvalue weighted by atomic mass is 9.41. The molecule has 4 N–H and O–H groups in total. The minimum Gasteiger partial charge on any atom is -0.392 e. The molecule has 5 nitrogen and oxygen atoms in total. The molecule has 3 rings (SSSR count). The van der Waals surface area contributed by atoms with Crippen LogP contribution in [0.2, 0.25) is 0 Å². The summed E-state index contributed by atoms with van der Waals surface area (Å²) in [7, 11) is 0. The van der Waals surface area contributed by atoms with E-state index in [2.05, 4.69) is 6.58 Å². The Morgan fingerprint density at radius 3 is 2.32 bits per heavy atom. The van der Waals surface area contributed by atoms with Crippen LogP contribution >= 0.6 is 0 Å². The highest BCUT2D eigenvalue weighted by Gasteiger charge is 2.77. The second-order valence-corrected chi connectivity index (χ2v) is 9.34. The number of carbonyl (C=O) groups excluding carboxylic acids is 1. The molecule has 0 aliphatic heterocycles. The first-order valence-corrected chi connectivity index (χ1v) is 9.37.